The summed E-state index contributed by atoms with van der Waals surface area (Å²) < 4.78 is 0. The van der Waals surface area contributed by atoms with E-state index in [1.165, 1.54) is 11.3 Å². The molecule has 1 aromatic rings. The lowest BCUT2D eigenvalue weighted by molar-refractivity contribution is 0.456. The van der Waals surface area contributed by atoms with Gasteiger partial charge in [-0.2, -0.15) is 5.26 Å². The standard InChI is InChI=1S/C15H23N3/c1-5-17-15(4,11-16)12-18(6-2)14-9-7-8-13(3)10-14/h7-10,17H,5-6,12H2,1-4H3. The van der Waals surface area contributed by atoms with Crippen LogP contribution in [0.3, 0.4) is 0 Å². The molecule has 0 aliphatic rings. The van der Waals surface area contributed by atoms with Gasteiger partial charge in [-0.15, -0.1) is 0 Å². The van der Waals surface area contributed by atoms with Crippen LogP contribution in [-0.4, -0.2) is 25.2 Å². The Kier molecular flexibility index (Phi) is 5.18. The third-order valence-electron chi connectivity index (χ3n) is 3.07. The van der Waals surface area contributed by atoms with Crippen LogP contribution in [0, 0.1) is 18.3 Å². The Bertz CT molecular complexity index is 422. The molecule has 3 nitrogen and oxygen atoms in total. The van der Waals surface area contributed by atoms with E-state index in [4.69, 9.17) is 0 Å². The second kappa shape index (κ2) is 6.42. The van der Waals surface area contributed by atoms with Crippen LogP contribution in [0.4, 0.5) is 5.69 Å². The van der Waals surface area contributed by atoms with Crippen molar-refractivity contribution in [3.8, 4) is 6.07 Å². The lowest BCUT2D eigenvalue weighted by atomic mass is 10.0. The van der Waals surface area contributed by atoms with Crippen molar-refractivity contribution < 1.29 is 0 Å². The summed E-state index contributed by atoms with van der Waals surface area (Å²) in [6, 6.07) is 10.8. The molecular weight excluding hydrogens is 222 g/mol. The van der Waals surface area contributed by atoms with Crippen LogP contribution >= 0.6 is 0 Å². The van der Waals surface area contributed by atoms with Crippen molar-refractivity contribution in [1.82, 2.24) is 5.32 Å². The van der Waals surface area contributed by atoms with Crippen LogP contribution in [0.1, 0.15) is 26.3 Å². The molecule has 0 aliphatic carbocycles. The van der Waals surface area contributed by atoms with Crippen molar-refractivity contribution in [1.29, 1.82) is 5.26 Å². The first kappa shape index (κ1) is 14.5. The molecule has 0 bridgehead atoms. The first-order valence-electron chi connectivity index (χ1n) is 6.52. The maximum atomic E-state index is 9.32. The Morgan fingerprint density at radius 3 is 2.61 bits per heavy atom. The number of nitrogens with one attached hydrogen (secondary N) is 1. The molecule has 98 valence electrons. The zero-order chi connectivity index (χ0) is 13.6. The number of hydrogen-bond acceptors (Lipinski definition) is 3. The molecule has 0 fully saturated rings. The molecule has 3 heteroatoms. The van der Waals surface area contributed by atoms with Gasteiger partial charge in [-0.3, -0.25) is 5.32 Å². The van der Waals surface area contributed by atoms with Gasteiger partial charge < -0.3 is 4.90 Å². The highest BCUT2D eigenvalue weighted by atomic mass is 15.2. The summed E-state index contributed by atoms with van der Waals surface area (Å²) in [6.45, 7) is 10.6. The van der Waals surface area contributed by atoms with Crippen LogP contribution < -0.4 is 10.2 Å². The molecule has 0 aromatic heterocycles. The van der Waals surface area contributed by atoms with Crippen molar-refractivity contribution >= 4 is 5.69 Å². The minimum atomic E-state index is -0.505. The monoisotopic (exact) mass is 245 g/mol. The highest BCUT2D eigenvalue weighted by molar-refractivity contribution is 5.49. The Balaban J connectivity index is 2.88. The average molecular weight is 245 g/mol. The lowest BCUT2D eigenvalue weighted by Gasteiger charge is -2.32. The smallest absolute Gasteiger partial charge is 0.121 e. The van der Waals surface area contributed by atoms with Gasteiger partial charge in [-0.05, 0) is 45.0 Å². The molecule has 0 saturated heterocycles. The normalized spacial score (nSPS) is 13.7. The molecule has 1 atom stereocenters. The number of anilines is 1. The molecule has 1 N–H and O–H groups in total. The number of rotatable bonds is 6. The highest BCUT2D eigenvalue weighted by Crippen LogP contribution is 2.18. The van der Waals surface area contributed by atoms with Gasteiger partial charge in [0.05, 0.1) is 6.07 Å². The van der Waals surface area contributed by atoms with E-state index in [0.29, 0.717) is 6.54 Å². The van der Waals surface area contributed by atoms with Crippen molar-refractivity contribution in [2.75, 3.05) is 24.5 Å². The number of nitrogens with zero attached hydrogens (tertiary/aromatic N) is 2. The van der Waals surface area contributed by atoms with E-state index in [0.717, 1.165) is 13.1 Å². The van der Waals surface area contributed by atoms with Crippen LogP contribution in [0.2, 0.25) is 0 Å². The summed E-state index contributed by atoms with van der Waals surface area (Å²) in [7, 11) is 0. The van der Waals surface area contributed by atoms with Gasteiger partial charge in [0.25, 0.3) is 0 Å². The topological polar surface area (TPSA) is 39.1 Å². The average Bonchev–Trinajstić information content (AvgIpc) is 2.36. The summed E-state index contributed by atoms with van der Waals surface area (Å²) in [5.74, 6) is 0. The fraction of sp³-hybridized carbons (Fsp3) is 0.533. The number of benzene rings is 1. The van der Waals surface area contributed by atoms with Crippen LogP contribution in [0.25, 0.3) is 0 Å². The molecule has 0 aliphatic heterocycles. The largest absolute Gasteiger partial charge is 0.369 e. The van der Waals surface area contributed by atoms with Gasteiger partial charge in [0.1, 0.15) is 5.54 Å². The van der Waals surface area contributed by atoms with E-state index < -0.39 is 5.54 Å². The Labute approximate surface area is 110 Å². The van der Waals surface area contributed by atoms with Gasteiger partial charge >= 0.3 is 0 Å². The van der Waals surface area contributed by atoms with Crippen molar-refractivity contribution in [3.05, 3.63) is 29.8 Å². The number of aryl methyl sites for hydroxylation is 1. The fourth-order valence-corrected chi connectivity index (χ4v) is 2.11. The number of hydrogen-bond donors (Lipinski definition) is 1. The third-order valence-corrected chi connectivity index (χ3v) is 3.07. The SMILES string of the molecule is CCNC(C)(C#N)CN(CC)c1cccc(C)c1. The molecule has 1 unspecified atom stereocenters. The first-order chi connectivity index (χ1) is 8.54. The summed E-state index contributed by atoms with van der Waals surface area (Å²) in [4.78, 5) is 2.24. The van der Waals surface area contributed by atoms with Gasteiger partial charge in [0.15, 0.2) is 0 Å². The van der Waals surface area contributed by atoms with Gasteiger partial charge in [0, 0.05) is 18.8 Å². The number of nitriles is 1. The molecule has 0 saturated carbocycles. The number of likely N-dealkylation sites (N-methyl/N-ethyl adjacent to an activating group) is 2. The minimum absolute atomic E-state index is 0.505. The lowest BCUT2D eigenvalue weighted by Crippen LogP contribution is -2.50. The van der Waals surface area contributed by atoms with E-state index in [1.54, 1.807) is 0 Å². The Morgan fingerprint density at radius 1 is 1.39 bits per heavy atom. The van der Waals surface area contributed by atoms with E-state index in [1.807, 2.05) is 13.8 Å². The van der Waals surface area contributed by atoms with Gasteiger partial charge in [-0.25, -0.2) is 0 Å². The van der Waals surface area contributed by atoms with E-state index in [9.17, 15) is 5.26 Å². The van der Waals surface area contributed by atoms with E-state index in [-0.39, 0.29) is 0 Å². The summed E-state index contributed by atoms with van der Waals surface area (Å²) >= 11 is 0. The zero-order valence-electron chi connectivity index (χ0n) is 11.8. The van der Waals surface area contributed by atoms with E-state index >= 15 is 0 Å². The maximum Gasteiger partial charge on any atom is 0.121 e. The minimum Gasteiger partial charge on any atom is -0.369 e. The quantitative estimate of drug-likeness (QED) is 0.837. The van der Waals surface area contributed by atoms with Crippen molar-refractivity contribution in [2.45, 2.75) is 33.2 Å². The molecule has 0 amide bonds. The van der Waals surface area contributed by atoms with Gasteiger partial charge in [-0.1, -0.05) is 19.1 Å². The van der Waals surface area contributed by atoms with Crippen LogP contribution in [0.15, 0.2) is 24.3 Å². The van der Waals surface area contributed by atoms with Crippen molar-refractivity contribution in [3.63, 3.8) is 0 Å². The van der Waals surface area contributed by atoms with Crippen LogP contribution in [0.5, 0.6) is 0 Å². The molecule has 1 rings (SSSR count). The zero-order valence-corrected chi connectivity index (χ0v) is 11.8. The van der Waals surface area contributed by atoms with Crippen LogP contribution in [-0.2, 0) is 0 Å². The Morgan fingerprint density at radius 2 is 2.11 bits per heavy atom. The Hall–Kier alpha value is -1.53. The molecule has 0 heterocycles. The van der Waals surface area contributed by atoms with Crippen molar-refractivity contribution in [2.24, 2.45) is 0 Å². The molecule has 18 heavy (non-hydrogen) atoms. The summed E-state index contributed by atoms with van der Waals surface area (Å²) in [5.41, 5.74) is 1.92. The molecular formula is C15H23N3. The third kappa shape index (κ3) is 3.75. The molecule has 0 spiro atoms. The predicted molar refractivity (Wildman–Crippen MR) is 76.8 cm³/mol. The van der Waals surface area contributed by atoms with E-state index in [2.05, 4.69) is 54.4 Å². The predicted octanol–water partition coefficient (Wildman–Crippen LogP) is 2.71. The summed E-state index contributed by atoms with van der Waals surface area (Å²) in [5, 5.41) is 12.6. The highest BCUT2D eigenvalue weighted by Gasteiger charge is 2.25. The fourth-order valence-electron chi connectivity index (χ4n) is 2.11. The second-order valence-corrected chi connectivity index (χ2v) is 4.83. The molecule has 0 radical (unpaired) electrons. The van der Waals surface area contributed by atoms with Gasteiger partial charge in [0.2, 0.25) is 0 Å². The molecule has 1 aromatic carbocycles. The first-order valence-corrected chi connectivity index (χ1v) is 6.52. The second-order valence-electron chi connectivity index (χ2n) is 4.83. The maximum absolute atomic E-state index is 9.32. The summed E-state index contributed by atoms with van der Waals surface area (Å²) in [6.07, 6.45) is 0.